The fourth-order valence-corrected chi connectivity index (χ4v) is 3.06. The third-order valence-corrected chi connectivity index (χ3v) is 4.69. The second-order valence-corrected chi connectivity index (χ2v) is 6.88. The van der Waals surface area contributed by atoms with E-state index in [1.54, 1.807) is 27.7 Å². The number of carbonyl (C=O) groups is 3. The second kappa shape index (κ2) is 6.15. The summed E-state index contributed by atoms with van der Waals surface area (Å²) in [6.07, 6.45) is -0.289. The van der Waals surface area contributed by atoms with E-state index in [1.807, 2.05) is 0 Å². The van der Waals surface area contributed by atoms with Crippen molar-refractivity contribution < 1.29 is 24.2 Å². The average Bonchev–Trinajstić information content (AvgIpc) is 2.84. The Morgan fingerprint density at radius 2 is 2.09 bits per heavy atom. The predicted molar refractivity (Wildman–Crippen MR) is 85.2 cm³/mol. The molecule has 2 heterocycles. The van der Waals surface area contributed by atoms with Crippen LogP contribution in [0.4, 0.5) is 0 Å². The van der Waals surface area contributed by atoms with Crippen molar-refractivity contribution in [2.24, 2.45) is 10.2 Å². The highest BCUT2D eigenvalue weighted by molar-refractivity contribution is 8.15. The van der Waals surface area contributed by atoms with Gasteiger partial charge >= 0.3 is 11.9 Å². The molecule has 1 amide bonds. The third kappa shape index (κ3) is 3.61. The molecule has 0 aromatic heterocycles. The molecule has 2 N–H and O–H groups in total. The Morgan fingerprint density at radius 3 is 2.61 bits per heavy atom. The van der Waals surface area contributed by atoms with E-state index >= 15 is 0 Å². The second-order valence-electron chi connectivity index (χ2n) is 5.68. The van der Waals surface area contributed by atoms with Gasteiger partial charge in [0.2, 0.25) is 5.91 Å². The van der Waals surface area contributed by atoms with Crippen molar-refractivity contribution in [3.8, 4) is 0 Å². The molecule has 1 atom stereocenters. The molecule has 0 saturated carbocycles. The zero-order valence-electron chi connectivity index (χ0n) is 13.2. The minimum absolute atomic E-state index is 0.212. The Bertz CT molecular complexity index is 678. The number of thioether (sulfide) groups is 1. The van der Waals surface area contributed by atoms with Gasteiger partial charge in [0.25, 0.3) is 0 Å². The lowest BCUT2D eigenvalue weighted by Crippen LogP contribution is -2.26. The zero-order chi connectivity index (χ0) is 17.4. The summed E-state index contributed by atoms with van der Waals surface area (Å²) in [6, 6.07) is 0. The van der Waals surface area contributed by atoms with Gasteiger partial charge in [-0.05, 0) is 33.3 Å². The van der Waals surface area contributed by atoms with Crippen molar-refractivity contribution >= 4 is 40.5 Å². The summed E-state index contributed by atoms with van der Waals surface area (Å²) in [4.78, 5) is 34.2. The van der Waals surface area contributed by atoms with Gasteiger partial charge in [-0.25, -0.2) is 4.79 Å². The number of carboxylic acid groups (broad SMARTS) is 1. The lowest BCUT2D eigenvalue weighted by Gasteiger charge is -2.18. The molecule has 23 heavy (non-hydrogen) atoms. The average molecular weight is 339 g/mol. The summed E-state index contributed by atoms with van der Waals surface area (Å²) in [5.41, 5.74) is 0.827. The molecular formula is C14H17N3O5S. The lowest BCUT2D eigenvalue weighted by atomic mass is 9.96. The van der Waals surface area contributed by atoms with Crippen LogP contribution in [0, 0.1) is 0 Å². The van der Waals surface area contributed by atoms with E-state index in [-0.39, 0.29) is 11.6 Å². The first-order valence-electron chi connectivity index (χ1n) is 6.88. The highest BCUT2D eigenvalue weighted by atomic mass is 32.2. The van der Waals surface area contributed by atoms with Crippen LogP contribution in [0.15, 0.2) is 21.3 Å². The van der Waals surface area contributed by atoms with E-state index in [0.29, 0.717) is 11.3 Å². The molecule has 2 aliphatic heterocycles. The van der Waals surface area contributed by atoms with Gasteiger partial charge < -0.3 is 15.2 Å². The van der Waals surface area contributed by atoms with Gasteiger partial charge in [-0.2, -0.15) is 5.10 Å². The number of carbonyl (C=O) groups excluding carboxylic acids is 2. The van der Waals surface area contributed by atoms with Gasteiger partial charge in [0.05, 0.1) is 17.7 Å². The zero-order valence-corrected chi connectivity index (χ0v) is 14.0. The molecule has 0 aromatic rings. The van der Waals surface area contributed by atoms with Gasteiger partial charge in [0, 0.05) is 0 Å². The highest BCUT2D eigenvalue weighted by Gasteiger charge is 2.39. The number of rotatable bonds is 4. The number of hydrogen-bond donors (Lipinski definition) is 2. The van der Waals surface area contributed by atoms with Gasteiger partial charge in [-0.15, -0.1) is 5.10 Å². The van der Waals surface area contributed by atoms with Crippen molar-refractivity contribution in [3.05, 3.63) is 11.1 Å². The van der Waals surface area contributed by atoms with Crippen molar-refractivity contribution in [1.29, 1.82) is 0 Å². The van der Waals surface area contributed by atoms with E-state index in [4.69, 9.17) is 9.84 Å². The fourth-order valence-electron chi connectivity index (χ4n) is 2.15. The van der Waals surface area contributed by atoms with Crippen molar-refractivity contribution in [3.63, 3.8) is 0 Å². The molecule has 124 valence electrons. The molecule has 9 heteroatoms. The van der Waals surface area contributed by atoms with Gasteiger partial charge in [-0.3, -0.25) is 9.59 Å². The minimum Gasteiger partial charge on any atom is -0.481 e. The van der Waals surface area contributed by atoms with Crippen LogP contribution >= 0.6 is 11.8 Å². The van der Waals surface area contributed by atoms with Crippen LogP contribution in [0.1, 0.15) is 34.1 Å². The number of carboxylic acids is 1. The molecule has 0 bridgehead atoms. The van der Waals surface area contributed by atoms with E-state index in [2.05, 4.69) is 15.5 Å². The van der Waals surface area contributed by atoms with E-state index in [1.165, 1.54) is 0 Å². The predicted octanol–water partition coefficient (Wildman–Crippen LogP) is 1.08. The molecule has 2 rings (SSSR count). The number of aliphatic carboxylic acids is 1. The van der Waals surface area contributed by atoms with Crippen LogP contribution in [0.25, 0.3) is 0 Å². The molecule has 0 spiro atoms. The van der Waals surface area contributed by atoms with Crippen LogP contribution in [0.2, 0.25) is 0 Å². The maximum atomic E-state index is 11.9. The van der Waals surface area contributed by atoms with Gasteiger partial charge in [0.15, 0.2) is 5.17 Å². The van der Waals surface area contributed by atoms with E-state index < -0.39 is 28.7 Å². The minimum atomic E-state index is -1.06. The largest absolute Gasteiger partial charge is 0.481 e. The molecule has 2 aliphatic rings. The Morgan fingerprint density at radius 1 is 1.43 bits per heavy atom. The summed E-state index contributed by atoms with van der Waals surface area (Å²) in [6.45, 7) is 7.00. The SMILES string of the molecule is CC1=C(/C(C)=N/N=C2/NC(=O)C(CC(=O)O)S2)C(=O)OC1(C)C. The third-order valence-electron chi connectivity index (χ3n) is 3.62. The quantitative estimate of drug-likeness (QED) is 0.449. The maximum Gasteiger partial charge on any atom is 0.341 e. The first-order valence-corrected chi connectivity index (χ1v) is 7.76. The molecule has 1 saturated heterocycles. The Kier molecular flexibility index (Phi) is 4.60. The van der Waals surface area contributed by atoms with Crippen LogP contribution in [-0.4, -0.2) is 44.7 Å². The molecule has 1 unspecified atom stereocenters. The number of nitrogens with zero attached hydrogens (tertiary/aromatic N) is 2. The number of cyclic esters (lactones) is 1. The summed E-state index contributed by atoms with van der Waals surface area (Å²) >= 11 is 1.00. The number of amides is 1. The summed E-state index contributed by atoms with van der Waals surface area (Å²) in [5.74, 6) is -1.93. The topological polar surface area (TPSA) is 117 Å². The number of esters is 1. The summed E-state index contributed by atoms with van der Waals surface area (Å²) < 4.78 is 5.26. The van der Waals surface area contributed by atoms with E-state index in [0.717, 1.165) is 17.3 Å². The monoisotopic (exact) mass is 339 g/mol. The first-order chi connectivity index (χ1) is 10.6. The van der Waals surface area contributed by atoms with Crippen LogP contribution < -0.4 is 5.32 Å². The number of amidine groups is 1. The normalized spacial score (nSPS) is 25.8. The van der Waals surface area contributed by atoms with Crippen LogP contribution in [0.5, 0.6) is 0 Å². The Hall–Kier alpha value is -2.16. The van der Waals surface area contributed by atoms with Crippen molar-refractivity contribution in [2.45, 2.75) is 45.0 Å². The number of hydrogen-bond acceptors (Lipinski definition) is 7. The molecule has 1 fully saturated rings. The lowest BCUT2D eigenvalue weighted by molar-refractivity contribution is -0.144. The van der Waals surface area contributed by atoms with E-state index in [9.17, 15) is 14.4 Å². The molecule has 8 nitrogen and oxygen atoms in total. The van der Waals surface area contributed by atoms with Crippen molar-refractivity contribution in [1.82, 2.24) is 5.32 Å². The standard InChI is InChI=1S/C14H17N3O5S/c1-6-10(12(21)22-14(6,3)4)7(2)16-17-13-15-11(20)8(23-13)5-9(18)19/h8H,5H2,1-4H3,(H,18,19)(H,15,17,20)/b16-7+. The first kappa shape index (κ1) is 17.2. The Labute approximate surface area is 137 Å². The fraction of sp³-hybridized carbons (Fsp3) is 0.500. The van der Waals surface area contributed by atoms with Crippen LogP contribution in [-0.2, 0) is 19.1 Å². The highest BCUT2D eigenvalue weighted by Crippen LogP contribution is 2.32. The van der Waals surface area contributed by atoms with Gasteiger partial charge in [-0.1, -0.05) is 11.8 Å². The molecular weight excluding hydrogens is 322 g/mol. The van der Waals surface area contributed by atoms with Gasteiger partial charge in [0.1, 0.15) is 10.9 Å². The Balaban J connectivity index is 2.17. The summed E-state index contributed by atoms with van der Waals surface area (Å²) in [5, 5.41) is 18.5. The molecule has 0 aromatic carbocycles. The maximum absolute atomic E-state index is 11.9. The number of ether oxygens (including phenoxy) is 1. The summed E-state index contributed by atoms with van der Waals surface area (Å²) in [7, 11) is 0. The van der Waals surface area contributed by atoms with Crippen LogP contribution in [0.3, 0.4) is 0 Å². The molecule has 0 radical (unpaired) electrons. The van der Waals surface area contributed by atoms with Crippen molar-refractivity contribution in [2.75, 3.05) is 0 Å². The molecule has 0 aliphatic carbocycles. The smallest absolute Gasteiger partial charge is 0.341 e. The number of nitrogens with one attached hydrogen (secondary N) is 1.